The van der Waals surface area contributed by atoms with E-state index in [0.29, 0.717) is 12.1 Å². The van der Waals surface area contributed by atoms with Crippen molar-refractivity contribution in [3.8, 4) is 0 Å². The number of nitrogens with zero attached hydrogens (tertiary/aromatic N) is 1. The first-order chi connectivity index (χ1) is 8.97. The minimum Gasteiger partial charge on any atom is -0.477 e. The maximum atomic E-state index is 11.1. The average Bonchev–Trinajstić information content (AvgIpc) is 2.37. The van der Waals surface area contributed by atoms with Gasteiger partial charge in [0.15, 0.2) is 0 Å². The third-order valence-corrected chi connectivity index (χ3v) is 2.66. The van der Waals surface area contributed by atoms with E-state index >= 15 is 0 Å². The molecule has 7 nitrogen and oxygen atoms in total. The van der Waals surface area contributed by atoms with Gasteiger partial charge in [-0.3, -0.25) is 10.1 Å². The molecule has 1 aromatic rings. The number of nitro benzene ring substituents is 1. The minimum absolute atomic E-state index is 0.0216. The van der Waals surface area contributed by atoms with E-state index in [1.165, 1.54) is 18.2 Å². The Morgan fingerprint density at radius 3 is 2.74 bits per heavy atom. The van der Waals surface area contributed by atoms with Gasteiger partial charge in [0, 0.05) is 25.8 Å². The third kappa shape index (κ3) is 4.01. The molecule has 1 rings (SSSR count). The molecule has 0 bridgehead atoms. The van der Waals surface area contributed by atoms with Gasteiger partial charge in [-0.2, -0.15) is 0 Å². The number of nitrogens with one attached hydrogen (secondary N) is 1. The molecule has 0 saturated carbocycles. The number of aromatic carboxylic acids is 1. The lowest BCUT2D eigenvalue weighted by Crippen LogP contribution is -2.24. The van der Waals surface area contributed by atoms with Gasteiger partial charge in [-0.05, 0) is 11.5 Å². The molecule has 3 N–H and O–H groups in total. The molecule has 0 amide bonds. The zero-order valence-electron chi connectivity index (χ0n) is 10.5. The van der Waals surface area contributed by atoms with Crippen LogP contribution < -0.4 is 5.32 Å². The molecule has 0 aliphatic heterocycles. The third-order valence-electron chi connectivity index (χ3n) is 2.66. The van der Waals surface area contributed by atoms with Crippen LogP contribution in [0.25, 0.3) is 0 Å². The number of rotatable bonds is 7. The SMILES string of the molecule is CC(CO)CNCc1cccc([N+](=O)[O-])c1C(=O)O. The molecule has 0 heterocycles. The summed E-state index contributed by atoms with van der Waals surface area (Å²) in [6, 6.07) is 4.16. The van der Waals surface area contributed by atoms with Crippen LogP contribution in [-0.2, 0) is 6.54 Å². The topological polar surface area (TPSA) is 113 Å². The molecule has 1 unspecified atom stereocenters. The summed E-state index contributed by atoms with van der Waals surface area (Å²) in [6.07, 6.45) is 0. The zero-order valence-corrected chi connectivity index (χ0v) is 10.5. The van der Waals surface area contributed by atoms with E-state index in [2.05, 4.69) is 5.32 Å². The molecular weight excluding hydrogens is 252 g/mol. The maximum absolute atomic E-state index is 11.1. The molecule has 1 atom stereocenters. The number of hydrogen-bond acceptors (Lipinski definition) is 5. The van der Waals surface area contributed by atoms with Crippen molar-refractivity contribution < 1.29 is 19.9 Å². The smallest absolute Gasteiger partial charge is 0.343 e. The second kappa shape index (κ2) is 6.81. The van der Waals surface area contributed by atoms with Gasteiger partial charge in [0.25, 0.3) is 5.69 Å². The van der Waals surface area contributed by atoms with Crippen LogP contribution in [0, 0.1) is 16.0 Å². The van der Waals surface area contributed by atoms with Crippen LogP contribution in [0.15, 0.2) is 18.2 Å². The Morgan fingerprint density at radius 2 is 2.21 bits per heavy atom. The van der Waals surface area contributed by atoms with Crippen LogP contribution in [0.2, 0.25) is 0 Å². The number of nitro groups is 1. The van der Waals surface area contributed by atoms with Gasteiger partial charge in [0.2, 0.25) is 0 Å². The van der Waals surface area contributed by atoms with E-state index in [1.54, 1.807) is 0 Å². The van der Waals surface area contributed by atoms with Gasteiger partial charge in [-0.25, -0.2) is 4.79 Å². The fourth-order valence-corrected chi connectivity index (χ4v) is 1.65. The van der Waals surface area contributed by atoms with Crippen LogP contribution >= 0.6 is 0 Å². The first-order valence-corrected chi connectivity index (χ1v) is 5.78. The van der Waals surface area contributed by atoms with E-state index in [0.717, 1.165) is 0 Å². The summed E-state index contributed by atoms with van der Waals surface area (Å²) in [5, 5.41) is 31.7. The predicted molar refractivity (Wildman–Crippen MR) is 68.0 cm³/mol. The fraction of sp³-hybridized carbons (Fsp3) is 0.417. The van der Waals surface area contributed by atoms with Gasteiger partial charge in [0.1, 0.15) is 5.56 Å². The Balaban J connectivity index is 2.91. The van der Waals surface area contributed by atoms with Gasteiger partial charge >= 0.3 is 5.97 Å². The van der Waals surface area contributed by atoms with E-state index in [4.69, 9.17) is 10.2 Å². The first kappa shape index (κ1) is 15.1. The number of aliphatic hydroxyl groups excluding tert-OH is 1. The highest BCUT2D eigenvalue weighted by atomic mass is 16.6. The van der Waals surface area contributed by atoms with Crippen molar-refractivity contribution in [2.45, 2.75) is 13.5 Å². The van der Waals surface area contributed by atoms with Crippen molar-refractivity contribution in [1.82, 2.24) is 5.32 Å². The minimum atomic E-state index is -1.32. The normalized spacial score (nSPS) is 12.1. The number of carboxylic acids is 1. The average molecular weight is 268 g/mol. The van der Waals surface area contributed by atoms with Gasteiger partial charge < -0.3 is 15.5 Å². The Kier molecular flexibility index (Phi) is 5.40. The van der Waals surface area contributed by atoms with Crippen molar-refractivity contribution >= 4 is 11.7 Å². The molecule has 1 aromatic carbocycles. The van der Waals surface area contributed by atoms with Crippen LogP contribution in [0.1, 0.15) is 22.8 Å². The van der Waals surface area contributed by atoms with Gasteiger partial charge in [0.05, 0.1) is 4.92 Å². The highest BCUT2D eigenvalue weighted by Gasteiger charge is 2.22. The standard InChI is InChI=1S/C12H16N2O5/c1-8(7-15)5-13-6-9-3-2-4-10(14(18)19)11(9)12(16)17/h2-4,8,13,15H,5-7H2,1H3,(H,16,17). The van der Waals surface area contributed by atoms with Crippen LogP contribution in [0.5, 0.6) is 0 Å². The molecule has 0 aromatic heterocycles. The quantitative estimate of drug-likeness (QED) is 0.502. The zero-order chi connectivity index (χ0) is 14.4. The number of carbonyl (C=O) groups is 1. The van der Waals surface area contributed by atoms with Crippen LogP contribution in [0.4, 0.5) is 5.69 Å². The second-order valence-corrected chi connectivity index (χ2v) is 4.29. The molecule has 0 spiro atoms. The lowest BCUT2D eigenvalue weighted by atomic mass is 10.1. The molecule has 7 heteroatoms. The maximum Gasteiger partial charge on any atom is 0.343 e. The highest BCUT2D eigenvalue weighted by molar-refractivity contribution is 5.94. The van der Waals surface area contributed by atoms with E-state index < -0.39 is 16.6 Å². The molecule has 19 heavy (non-hydrogen) atoms. The van der Waals surface area contributed by atoms with E-state index in [1.807, 2.05) is 6.92 Å². The van der Waals surface area contributed by atoms with Gasteiger partial charge in [-0.15, -0.1) is 0 Å². The number of aliphatic hydroxyl groups is 1. The highest BCUT2D eigenvalue weighted by Crippen LogP contribution is 2.22. The van der Waals surface area contributed by atoms with Crippen molar-refractivity contribution in [2.24, 2.45) is 5.92 Å². The summed E-state index contributed by atoms with van der Waals surface area (Å²) < 4.78 is 0. The van der Waals surface area contributed by atoms with Gasteiger partial charge in [-0.1, -0.05) is 19.1 Å². The summed E-state index contributed by atoms with van der Waals surface area (Å²) in [6.45, 7) is 2.55. The lowest BCUT2D eigenvalue weighted by molar-refractivity contribution is -0.385. The summed E-state index contributed by atoms with van der Waals surface area (Å²) in [5.74, 6) is -1.29. The largest absolute Gasteiger partial charge is 0.477 e. The van der Waals surface area contributed by atoms with Crippen LogP contribution in [-0.4, -0.2) is 34.3 Å². The molecule has 0 radical (unpaired) electrons. The van der Waals surface area contributed by atoms with Crippen molar-refractivity contribution in [3.05, 3.63) is 39.4 Å². The molecule has 0 aliphatic rings. The summed E-state index contributed by atoms with van der Waals surface area (Å²) in [4.78, 5) is 21.2. The van der Waals surface area contributed by atoms with E-state index in [9.17, 15) is 14.9 Å². The van der Waals surface area contributed by atoms with Crippen molar-refractivity contribution in [2.75, 3.05) is 13.2 Å². The number of hydrogen-bond donors (Lipinski definition) is 3. The Morgan fingerprint density at radius 1 is 1.53 bits per heavy atom. The summed E-state index contributed by atoms with van der Waals surface area (Å²) >= 11 is 0. The summed E-state index contributed by atoms with van der Waals surface area (Å²) in [7, 11) is 0. The second-order valence-electron chi connectivity index (χ2n) is 4.29. The number of carboxylic acid groups (broad SMARTS) is 1. The fourth-order valence-electron chi connectivity index (χ4n) is 1.65. The predicted octanol–water partition coefficient (Wildman–Crippen LogP) is 1.01. The molecule has 0 fully saturated rings. The Labute approximate surface area is 110 Å². The Hall–Kier alpha value is -1.99. The lowest BCUT2D eigenvalue weighted by Gasteiger charge is -2.11. The molecule has 0 saturated heterocycles. The van der Waals surface area contributed by atoms with Crippen LogP contribution in [0.3, 0.4) is 0 Å². The molecular formula is C12H16N2O5. The first-order valence-electron chi connectivity index (χ1n) is 5.78. The molecule has 104 valence electrons. The van der Waals surface area contributed by atoms with E-state index in [-0.39, 0.29) is 24.6 Å². The van der Waals surface area contributed by atoms with Crippen molar-refractivity contribution in [3.63, 3.8) is 0 Å². The van der Waals surface area contributed by atoms with Crippen molar-refractivity contribution in [1.29, 1.82) is 0 Å². The monoisotopic (exact) mass is 268 g/mol. The molecule has 0 aliphatic carbocycles. The Bertz CT molecular complexity index is 475. The number of benzene rings is 1. The summed E-state index contributed by atoms with van der Waals surface area (Å²) in [5.41, 5.74) is -0.356.